The first kappa shape index (κ1) is 28.6. The van der Waals surface area contributed by atoms with Crippen LogP contribution in [0.2, 0.25) is 5.15 Å². The fraction of sp³-hybridized carbons (Fsp3) is 0.393. The standard InChI is InChI=1S/C28H35ClN4O3S/c1-5-14-33(15-6-2)26-18-25(29)31-28(32-26)37-19-21-8-7-9-22(16-21)27(34)30-13-12-20-10-11-23(35-3)24(17-20)36-4/h7-11,16-18H,5-6,12-15,19H2,1-4H3,(H,30,34). The van der Waals surface area contributed by atoms with Gasteiger partial charge in [-0.15, -0.1) is 0 Å². The van der Waals surface area contributed by atoms with Crippen molar-refractivity contribution < 1.29 is 14.3 Å². The molecule has 198 valence electrons. The van der Waals surface area contributed by atoms with Gasteiger partial charge in [0.05, 0.1) is 14.2 Å². The van der Waals surface area contributed by atoms with Crippen molar-refractivity contribution in [3.63, 3.8) is 0 Å². The van der Waals surface area contributed by atoms with Crippen molar-refractivity contribution in [3.8, 4) is 11.5 Å². The summed E-state index contributed by atoms with van der Waals surface area (Å²) >= 11 is 7.82. The van der Waals surface area contributed by atoms with Crippen LogP contribution in [-0.2, 0) is 12.2 Å². The highest BCUT2D eigenvalue weighted by Gasteiger charge is 2.12. The minimum absolute atomic E-state index is 0.108. The zero-order chi connectivity index (χ0) is 26.6. The fourth-order valence-electron chi connectivity index (χ4n) is 3.90. The smallest absolute Gasteiger partial charge is 0.251 e. The Balaban J connectivity index is 1.58. The van der Waals surface area contributed by atoms with Crippen LogP contribution in [0.3, 0.4) is 0 Å². The Hall–Kier alpha value is -2.97. The fourth-order valence-corrected chi connectivity index (χ4v) is 4.93. The van der Waals surface area contributed by atoms with E-state index in [0.717, 1.165) is 42.9 Å². The molecule has 0 spiro atoms. The minimum Gasteiger partial charge on any atom is -0.493 e. The number of carbonyl (C=O) groups excluding carboxylic acids is 1. The summed E-state index contributed by atoms with van der Waals surface area (Å²) in [7, 11) is 3.22. The number of anilines is 1. The van der Waals surface area contributed by atoms with E-state index in [1.807, 2.05) is 48.5 Å². The summed E-state index contributed by atoms with van der Waals surface area (Å²) in [6.07, 6.45) is 2.75. The van der Waals surface area contributed by atoms with Crippen molar-refractivity contribution in [2.24, 2.45) is 0 Å². The Kier molecular flexibility index (Phi) is 11.4. The second-order valence-corrected chi connectivity index (χ2v) is 9.83. The molecule has 0 aliphatic heterocycles. The third-order valence-electron chi connectivity index (χ3n) is 5.68. The number of hydrogen-bond acceptors (Lipinski definition) is 7. The number of methoxy groups -OCH3 is 2. The van der Waals surface area contributed by atoms with E-state index in [1.165, 1.54) is 11.8 Å². The summed E-state index contributed by atoms with van der Waals surface area (Å²) in [5, 5.41) is 4.07. The number of benzene rings is 2. The van der Waals surface area contributed by atoms with Crippen LogP contribution >= 0.6 is 23.4 Å². The number of nitrogens with one attached hydrogen (secondary N) is 1. The molecule has 1 amide bonds. The number of hydrogen-bond donors (Lipinski definition) is 1. The number of aromatic nitrogens is 2. The van der Waals surface area contributed by atoms with E-state index in [1.54, 1.807) is 14.2 Å². The quantitative estimate of drug-likeness (QED) is 0.151. The summed E-state index contributed by atoms with van der Waals surface area (Å²) < 4.78 is 10.6. The Morgan fingerprint density at radius 3 is 2.43 bits per heavy atom. The van der Waals surface area contributed by atoms with E-state index in [0.29, 0.717) is 46.1 Å². The minimum atomic E-state index is -0.108. The van der Waals surface area contributed by atoms with Gasteiger partial charge in [-0.3, -0.25) is 4.79 Å². The molecule has 1 N–H and O–H groups in total. The van der Waals surface area contributed by atoms with E-state index in [4.69, 9.17) is 26.1 Å². The van der Waals surface area contributed by atoms with Crippen LogP contribution in [0.5, 0.6) is 11.5 Å². The largest absolute Gasteiger partial charge is 0.493 e. The first-order chi connectivity index (χ1) is 18.0. The summed E-state index contributed by atoms with van der Waals surface area (Å²) in [5.74, 6) is 2.74. The lowest BCUT2D eigenvalue weighted by molar-refractivity contribution is 0.0954. The third kappa shape index (κ3) is 8.54. The molecule has 3 aromatic rings. The van der Waals surface area contributed by atoms with Gasteiger partial charge in [-0.05, 0) is 54.7 Å². The molecule has 0 saturated carbocycles. The van der Waals surface area contributed by atoms with Gasteiger partial charge in [-0.1, -0.05) is 55.4 Å². The summed E-state index contributed by atoms with van der Waals surface area (Å²) in [4.78, 5) is 24.1. The molecule has 0 aliphatic rings. The van der Waals surface area contributed by atoms with E-state index in [2.05, 4.69) is 29.0 Å². The van der Waals surface area contributed by atoms with Crippen LogP contribution in [-0.4, -0.2) is 49.7 Å². The average Bonchev–Trinajstić information content (AvgIpc) is 2.91. The van der Waals surface area contributed by atoms with Gasteiger partial charge >= 0.3 is 0 Å². The van der Waals surface area contributed by atoms with Crippen molar-refractivity contribution >= 4 is 35.1 Å². The molecule has 0 radical (unpaired) electrons. The van der Waals surface area contributed by atoms with Gasteiger partial charge in [0.25, 0.3) is 5.91 Å². The summed E-state index contributed by atoms with van der Waals surface area (Å²) in [5.41, 5.74) is 2.69. The maximum Gasteiger partial charge on any atom is 0.251 e. The zero-order valence-corrected chi connectivity index (χ0v) is 23.5. The molecule has 2 aromatic carbocycles. The van der Waals surface area contributed by atoms with Crippen molar-refractivity contribution in [1.82, 2.24) is 15.3 Å². The van der Waals surface area contributed by atoms with E-state index in [-0.39, 0.29) is 5.91 Å². The lowest BCUT2D eigenvalue weighted by Crippen LogP contribution is -2.26. The highest BCUT2D eigenvalue weighted by molar-refractivity contribution is 7.98. The van der Waals surface area contributed by atoms with Gasteiger partial charge in [0.1, 0.15) is 11.0 Å². The van der Waals surface area contributed by atoms with Crippen LogP contribution in [0.25, 0.3) is 0 Å². The number of amides is 1. The molecule has 0 bridgehead atoms. The van der Waals surface area contributed by atoms with Gasteiger partial charge < -0.3 is 19.7 Å². The molecule has 0 unspecified atom stereocenters. The highest BCUT2D eigenvalue weighted by Crippen LogP contribution is 2.28. The maximum absolute atomic E-state index is 12.8. The molecule has 7 nitrogen and oxygen atoms in total. The van der Waals surface area contributed by atoms with Crippen molar-refractivity contribution in [1.29, 1.82) is 0 Å². The normalized spacial score (nSPS) is 10.7. The van der Waals surface area contributed by atoms with Crippen molar-refractivity contribution in [3.05, 3.63) is 70.4 Å². The molecular formula is C28H35ClN4O3S. The van der Waals surface area contributed by atoms with Crippen LogP contribution in [0.1, 0.15) is 48.2 Å². The number of ether oxygens (including phenoxy) is 2. The van der Waals surface area contributed by atoms with E-state index in [9.17, 15) is 4.79 Å². The van der Waals surface area contributed by atoms with Gasteiger partial charge in [0.15, 0.2) is 16.7 Å². The molecule has 0 aliphatic carbocycles. The molecule has 9 heteroatoms. The lowest BCUT2D eigenvalue weighted by atomic mass is 10.1. The number of carbonyl (C=O) groups is 1. The maximum atomic E-state index is 12.8. The first-order valence-corrected chi connectivity index (χ1v) is 13.8. The van der Waals surface area contributed by atoms with Crippen molar-refractivity contribution in [2.45, 2.75) is 44.0 Å². The van der Waals surface area contributed by atoms with E-state index < -0.39 is 0 Å². The molecule has 37 heavy (non-hydrogen) atoms. The van der Waals surface area contributed by atoms with Crippen LogP contribution < -0.4 is 19.7 Å². The van der Waals surface area contributed by atoms with E-state index >= 15 is 0 Å². The number of nitrogens with zero attached hydrogens (tertiary/aromatic N) is 3. The Bertz CT molecular complexity index is 1170. The van der Waals surface area contributed by atoms with Gasteiger partial charge in [0.2, 0.25) is 0 Å². The molecule has 0 fully saturated rings. The van der Waals surface area contributed by atoms with Crippen LogP contribution in [0.15, 0.2) is 53.7 Å². The SMILES string of the molecule is CCCN(CCC)c1cc(Cl)nc(SCc2cccc(C(=O)NCCc3ccc(OC)c(OC)c3)c2)n1. The monoisotopic (exact) mass is 542 g/mol. The molecule has 0 saturated heterocycles. The van der Waals surface area contributed by atoms with Gasteiger partial charge in [-0.25, -0.2) is 9.97 Å². The number of rotatable bonds is 14. The predicted molar refractivity (Wildman–Crippen MR) is 151 cm³/mol. The summed E-state index contributed by atoms with van der Waals surface area (Å²) in [6.45, 7) is 6.67. The van der Waals surface area contributed by atoms with Crippen LogP contribution in [0.4, 0.5) is 5.82 Å². The molecular weight excluding hydrogens is 508 g/mol. The second-order valence-electron chi connectivity index (χ2n) is 8.50. The topological polar surface area (TPSA) is 76.6 Å². The number of halogens is 1. The van der Waals surface area contributed by atoms with Crippen LogP contribution in [0, 0.1) is 0 Å². The Morgan fingerprint density at radius 2 is 1.73 bits per heavy atom. The second kappa shape index (κ2) is 14.7. The summed E-state index contributed by atoms with van der Waals surface area (Å²) in [6, 6.07) is 15.2. The number of thioether (sulfide) groups is 1. The predicted octanol–water partition coefficient (Wildman–Crippen LogP) is 6.04. The van der Waals surface area contributed by atoms with Gasteiger partial charge in [-0.2, -0.15) is 0 Å². The van der Waals surface area contributed by atoms with Crippen molar-refractivity contribution in [2.75, 3.05) is 38.8 Å². The molecule has 3 rings (SSSR count). The third-order valence-corrected chi connectivity index (χ3v) is 6.79. The molecule has 1 aromatic heterocycles. The average molecular weight is 543 g/mol. The zero-order valence-electron chi connectivity index (χ0n) is 21.9. The molecule has 0 atom stereocenters. The highest BCUT2D eigenvalue weighted by atomic mass is 35.5. The molecule has 1 heterocycles. The lowest BCUT2D eigenvalue weighted by Gasteiger charge is -2.22. The Morgan fingerprint density at radius 1 is 0.973 bits per heavy atom. The Labute approximate surface area is 228 Å². The van der Waals surface area contributed by atoms with Gasteiger partial charge in [0, 0.05) is 37.0 Å². The first-order valence-electron chi connectivity index (χ1n) is 12.5.